The van der Waals surface area contributed by atoms with Gasteiger partial charge in [-0.3, -0.25) is 9.78 Å². The normalized spacial score (nSPS) is 21.8. The zero-order chi connectivity index (χ0) is 22.6. The van der Waals surface area contributed by atoms with Crippen LogP contribution in [0.25, 0.3) is 0 Å². The van der Waals surface area contributed by atoms with Gasteiger partial charge < -0.3 is 20.4 Å². The molecule has 2 aliphatic heterocycles. The lowest BCUT2D eigenvalue weighted by atomic mass is 10.0. The Kier molecular flexibility index (Phi) is 6.71. The lowest BCUT2D eigenvalue weighted by Gasteiger charge is -2.34. The van der Waals surface area contributed by atoms with Crippen molar-refractivity contribution in [1.82, 2.24) is 20.5 Å². The molecule has 0 bridgehead atoms. The number of aromatic nitrogens is 3. The van der Waals surface area contributed by atoms with Crippen molar-refractivity contribution in [3.8, 4) is 0 Å². The van der Waals surface area contributed by atoms with Gasteiger partial charge in [0.05, 0.1) is 35.4 Å². The molecule has 2 N–H and O–H groups in total. The van der Waals surface area contributed by atoms with Gasteiger partial charge in [-0.05, 0) is 76.1 Å². The predicted molar refractivity (Wildman–Crippen MR) is 131 cm³/mol. The number of nitrogens with zero attached hydrogens (tertiary/aromatic N) is 5. The summed E-state index contributed by atoms with van der Waals surface area (Å²) in [5, 5.41) is 15.6. The Bertz CT molecular complexity index is 940. The molecular weight excluding hydrogens is 414 g/mol. The van der Waals surface area contributed by atoms with Crippen LogP contribution in [0.4, 0.5) is 17.2 Å². The van der Waals surface area contributed by atoms with Gasteiger partial charge in [0.25, 0.3) is 0 Å². The van der Waals surface area contributed by atoms with Gasteiger partial charge in [0.2, 0.25) is 5.91 Å². The molecule has 8 nitrogen and oxygen atoms in total. The van der Waals surface area contributed by atoms with Gasteiger partial charge in [0.15, 0.2) is 5.82 Å². The monoisotopic (exact) mass is 449 g/mol. The smallest absolute Gasteiger partial charge is 0.233 e. The van der Waals surface area contributed by atoms with Crippen LogP contribution in [0.15, 0.2) is 30.6 Å². The van der Waals surface area contributed by atoms with Crippen molar-refractivity contribution in [3.63, 3.8) is 0 Å². The van der Waals surface area contributed by atoms with Crippen LogP contribution in [-0.2, 0) is 4.79 Å². The largest absolute Gasteiger partial charge is 0.370 e. The van der Waals surface area contributed by atoms with E-state index in [9.17, 15) is 4.79 Å². The summed E-state index contributed by atoms with van der Waals surface area (Å²) < 4.78 is 0. The number of anilines is 3. The van der Waals surface area contributed by atoms with Gasteiger partial charge in [-0.2, -0.15) is 5.10 Å². The van der Waals surface area contributed by atoms with Gasteiger partial charge in [0, 0.05) is 32.2 Å². The number of hydrogen-bond acceptors (Lipinski definition) is 7. The van der Waals surface area contributed by atoms with E-state index in [1.807, 2.05) is 31.3 Å². The molecule has 3 fully saturated rings. The predicted octanol–water partition coefficient (Wildman–Crippen LogP) is 3.18. The van der Waals surface area contributed by atoms with E-state index in [0.29, 0.717) is 11.7 Å². The number of carbonyl (C=O) groups is 1. The van der Waals surface area contributed by atoms with Crippen LogP contribution in [0.1, 0.15) is 57.1 Å². The summed E-state index contributed by atoms with van der Waals surface area (Å²) in [6.45, 7) is 7.09. The van der Waals surface area contributed by atoms with Crippen molar-refractivity contribution in [1.29, 1.82) is 0 Å². The Balaban J connectivity index is 1.17. The highest BCUT2D eigenvalue weighted by Crippen LogP contribution is 2.28. The van der Waals surface area contributed by atoms with Crippen LogP contribution in [0.3, 0.4) is 0 Å². The summed E-state index contributed by atoms with van der Waals surface area (Å²) in [5.41, 5.74) is 2.47. The highest BCUT2D eigenvalue weighted by molar-refractivity contribution is 5.95. The number of amides is 1. The van der Waals surface area contributed by atoms with Gasteiger partial charge in [-0.1, -0.05) is 0 Å². The summed E-state index contributed by atoms with van der Waals surface area (Å²) in [7, 11) is 0. The van der Waals surface area contributed by atoms with Crippen LogP contribution >= 0.6 is 0 Å². The first-order valence-corrected chi connectivity index (χ1v) is 12.5. The summed E-state index contributed by atoms with van der Waals surface area (Å²) in [5.74, 6) is 1.30. The van der Waals surface area contributed by atoms with Crippen LogP contribution in [0.5, 0.6) is 0 Å². The molecule has 1 unspecified atom stereocenters. The second kappa shape index (κ2) is 10.0. The summed E-state index contributed by atoms with van der Waals surface area (Å²) >= 11 is 0. The van der Waals surface area contributed by atoms with E-state index in [-0.39, 0.29) is 5.91 Å². The molecular formula is C25H35N7O. The van der Waals surface area contributed by atoms with E-state index in [4.69, 9.17) is 0 Å². The first-order valence-electron chi connectivity index (χ1n) is 12.5. The second-order valence-corrected chi connectivity index (χ2v) is 9.79. The lowest BCUT2D eigenvalue weighted by molar-refractivity contribution is -0.117. The van der Waals surface area contributed by atoms with Gasteiger partial charge in [-0.15, -0.1) is 5.10 Å². The van der Waals surface area contributed by atoms with Crippen molar-refractivity contribution >= 4 is 23.1 Å². The molecule has 2 atom stereocenters. The van der Waals surface area contributed by atoms with Crippen LogP contribution in [0.2, 0.25) is 0 Å². The number of carbonyl (C=O) groups excluding carboxylic acids is 1. The third-order valence-corrected chi connectivity index (χ3v) is 7.11. The molecule has 1 amide bonds. The Labute approximate surface area is 196 Å². The number of pyridine rings is 1. The first kappa shape index (κ1) is 22.1. The van der Waals surface area contributed by atoms with Crippen molar-refractivity contribution in [2.24, 2.45) is 5.92 Å². The summed E-state index contributed by atoms with van der Waals surface area (Å²) in [6, 6.07) is 6.47. The number of piperidine rings is 1. The maximum atomic E-state index is 12.9. The fourth-order valence-electron chi connectivity index (χ4n) is 4.77. The minimum Gasteiger partial charge on any atom is -0.370 e. The average Bonchev–Trinajstić information content (AvgIpc) is 3.53. The molecule has 2 aromatic heterocycles. The van der Waals surface area contributed by atoms with Crippen LogP contribution in [0, 0.1) is 5.92 Å². The minimum absolute atomic E-state index is 0.0975. The molecule has 1 saturated carbocycles. The fraction of sp³-hybridized carbons (Fsp3) is 0.600. The standard InChI is InChI=1S/C25H35N7O/c1-18(25(33)28-21-13-22(16-26-15-21)31-10-2-3-11-31)23-8-9-24(30-29-23)32-12-4-5-20(17-32)27-14-19-6-7-19/h8-9,13,15-16,18-20,27H,2-7,10-12,14,17H2,1H3,(H,28,33)/t18?,20-/m1/s1. The molecule has 0 aromatic carbocycles. The average molecular weight is 450 g/mol. The van der Waals surface area contributed by atoms with Crippen molar-refractivity contribution in [3.05, 3.63) is 36.3 Å². The number of rotatable bonds is 8. The SMILES string of the molecule is CC(C(=O)Nc1cncc(N2CCCC2)c1)c1ccc(N2CCC[C@@H](NCC3CC3)C2)nn1. The van der Waals surface area contributed by atoms with Crippen molar-refractivity contribution in [2.45, 2.75) is 57.4 Å². The molecule has 2 aromatic rings. The molecule has 4 heterocycles. The Morgan fingerprint density at radius 1 is 1.06 bits per heavy atom. The molecule has 1 aliphatic carbocycles. The van der Waals surface area contributed by atoms with Crippen LogP contribution < -0.4 is 20.4 Å². The topological polar surface area (TPSA) is 86.3 Å². The van der Waals surface area contributed by atoms with E-state index in [1.54, 1.807) is 6.20 Å². The third kappa shape index (κ3) is 5.61. The quantitative estimate of drug-likeness (QED) is 0.640. The van der Waals surface area contributed by atoms with Crippen LogP contribution in [-0.4, -0.2) is 59.9 Å². The molecule has 2 saturated heterocycles. The molecule has 8 heteroatoms. The Morgan fingerprint density at radius 2 is 1.88 bits per heavy atom. The second-order valence-electron chi connectivity index (χ2n) is 9.79. The molecule has 5 rings (SSSR count). The van der Waals surface area contributed by atoms with Gasteiger partial charge >= 0.3 is 0 Å². The molecule has 3 aliphatic rings. The van der Waals surface area contributed by atoms with Crippen molar-refractivity contribution in [2.75, 3.05) is 47.8 Å². The van der Waals surface area contributed by atoms with E-state index in [0.717, 1.165) is 62.3 Å². The maximum Gasteiger partial charge on any atom is 0.233 e. The van der Waals surface area contributed by atoms with Gasteiger partial charge in [-0.25, -0.2) is 0 Å². The lowest BCUT2D eigenvalue weighted by Crippen LogP contribution is -2.46. The fourth-order valence-corrected chi connectivity index (χ4v) is 4.77. The summed E-state index contributed by atoms with van der Waals surface area (Å²) in [6.07, 6.45) is 11.1. The number of hydrogen-bond donors (Lipinski definition) is 2. The highest BCUT2D eigenvalue weighted by atomic mass is 16.1. The van der Waals surface area contributed by atoms with Gasteiger partial charge in [0.1, 0.15) is 0 Å². The van der Waals surface area contributed by atoms with E-state index in [2.05, 4.69) is 35.6 Å². The summed E-state index contributed by atoms with van der Waals surface area (Å²) in [4.78, 5) is 21.8. The van der Waals surface area contributed by atoms with E-state index >= 15 is 0 Å². The zero-order valence-corrected chi connectivity index (χ0v) is 19.5. The Morgan fingerprint density at radius 3 is 2.64 bits per heavy atom. The zero-order valence-electron chi connectivity index (χ0n) is 19.5. The minimum atomic E-state index is -0.392. The molecule has 0 radical (unpaired) electrons. The molecule has 176 valence electrons. The Hall–Kier alpha value is -2.74. The third-order valence-electron chi connectivity index (χ3n) is 7.11. The molecule has 33 heavy (non-hydrogen) atoms. The highest BCUT2D eigenvalue weighted by Gasteiger charge is 2.26. The van der Waals surface area contributed by atoms with E-state index < -0.39 is 5.92 Å². The number of nitrogens with one attached hydrogen (secondary N) is 2. The molecule has 0 spiro atoms. The first-order chi connectivity index (χ1) is 16.2. The van der Waals surface area contributed by atoms with Crippen molar-refractivity contribution < 1.29 is 4.79 Å². The maximum absolute atomic E-state index is 12.9. The van der Waals surface area contributed by atoms with E-state index in [1.165, 1.54) is 32.1 Å².